The van der Waals surface area contributed by atoms with Crippen LogP contribution < -0.4 is 4.90 Å². The molecule has 2 aromatic rings. The quantitative estimate of drug-likeness (QED) is 0.521. The number of benzene rings is 2. The van der Waals surface area contributed by atoms with Gasteiger partial charge in [0.05, 0.1) is 0 Å². The first-order chi connectivity index (χ1) is 10.8. The van der Waals surface area contributed by atoms with Gasteiger partial charge in [-0.1, -0.05) is 42.5 Å². The molecule has 0 saturated heterocycles. The van der Waals surface area contributed by atoms with Crippen molar-refractivity contribution < 1.29 is 0 Å². The van der Waals surface area contributed by atoms with E-state index in [0.29, 0.717) is 0 Å². The minimum atomic E-state index is 0.916. The van der Waals surface area contributed by atoms with Crippen LogP contribution in [0.1, 0.15) is 13.8 Å². The van der Waals surface area contributed by atoms with E-state index in [-0.39, 0.29) is 0 Å². The zero-order valence-corrected chi connectivity index (χ0v) is 13.2. The van der Waals surface area contributed by atoms with Crippen molar-refractivity contribution in [1.82, 2.24) is 0 Å². The predicted molar refractivity (Wildman–Crippen MR) is 97.3 cm³/mol. The molecule has 0 fully saturated rings. The summed E-state index contributed by atoms with van der Waals surface area (Å²) in [7, 11) is 0. The Kier molecular flexibility index (Phi) is 6.18. The largest absolute Gasteiger partial charge is 0.348 e. The Labute approximate surface area is 133 Å². The van der Waals surface area contributed by atoms with Crippen LogP contribution in [0.4, 0.5) is 5.69 Å². The summed E-state index contributed by atoms with van der Waals surface area (Å²) in [5.41, 5.74) is 3.66. The van der Waals surface area contributed by atoms with Crippen molar-refractivity contribution in [2.24, 2.45) is 4.99 Å². The SMILES string of the molecule is CC=N/C=C\C=C\N(CC)c1cccc(-c2ccccc2)c1. The van der Waals surface area contributed by atoms with E-state index in [4.69, 9.17) is 0 Å². The lowest BCUT2D eigenvalue weighted by atomic mass is 10.1. The number of rotatable bonds is 6. The maximum Gasteiger partial charge on any atom is 0.0412 e. The lowest BCUT2D eigenvalue weighted by Crippen LogP contribution is -2.14. The maximum atomic E-state index is 4.05. The van der Waals surface area contributed by atoms with Gasteiger partial charge in [-0.25, -0.2) is 0 Å². The Morgan fingerprint density at radius 2 is 1.73 bits per heavy atom. The third-order valence-corrected chi connectivity index (χ3v) is 3.32. The molecule has 0 bridgehead atoms. The van der Waals surface area contributed by atoms with Crippen LogP contribution in [0.15, 0.2) is 84.1 Å². The van der Waals surface area contributed by atoms with Crippen molar-refractivity contribution in [2.75, 3.05) is 11.4 Å². The smallest absolute Gasteiger partial charge is 0.0412 e. The molecule has 0 aliphatic carbocycles. The molecule has 2 heteroatoms. The van der Waals surface area contributed by atoms with Crippen LogP contribution in [0.3, 0.4) is 0 Å². The van der Waals surface area contributed by atoms with E-state index in [2.05, 4.69) is 71.5 Å². The maximum absolute atomic E-state index is 4.05. The molecule has 0 aromatic heterocycles. The minimum absolute atomic E-state index is 0.916. The van der Waals surface area contributed by atoms with E-state index >= 15 is 0 Å². The first-order valence-corrected chi connectivity index (χ1v) is 7.58. The van der Waals surface area contributed by atoms with Gasteiger partial charge >= 0.3 is 0 Å². The van der Waals surface area contributed by atoms with Gasteiger partial charge in [-0.05, 0) is 49.3 Å². The molecule has 2 rings (SSSR count). The van der Waals surface area contributed by atoms with Gasteiger partial charge in [-0.15, -0.1) is 0 Å². The highest BCUT2D eigenvalue weighted by atomic mass is 15.1. The van der Waals surface area contributed by atoms with E-state index in [1.54, 1.807) is 12.4 Å². The molecule has 22 heavy (non-hydrogen) atoms. The number of hydrogen-bond donors (Lipinski definition) is 0. The van der Waals surface area contributed by atoms with Crippen LogP contribution in [-0.4, -0.2) is 12.8 Å². The van der Waals surface area contributed by atoms with Crippen LogP contribution in [0.2, 0.25) is 0 Å². The van der Waals surface area contributed by atoms with Crippen LogP contribution in [0, 0.1) is 0 Å². The van der Waals surface area contributed by atoms with E-state index in [1.807, 2.05) is 25.1 Å². The van der Waals surface area contributed by atoms with Crippen LogP contribution in [-0.2, 0) is 0 Å². The average molecular weight is 290 g/mol. The van der Waals surface area contributed by atoms with Crippen molar-refractivity contribution in [2.45, 2.75) is 13.8 Å². The molecular weight excluding hydrogens is 268 g/mol. The normalized spacial score (nSPS) is 11.7. The molecule has 0 saturated carbocycles. The molecule has 0 heterocycles. The third-order valence-electron chi connectivity index (χ3n) is 3.32. The minimum Gasteiger partial charge on any atom is -0.348 e. The highest BCUT2D eigenvalue weighted by Gasteiger charge is 2.02. The number of allylic oxidation sites excluding steroid dienone is 2. The molecule has 2 aromatic carbocycles. The Hall–Kier alpha value is -2.61. The molecule has 0 aliphatic heterocycles. The first-order valence-electron chi connectivity index (χ1n) is 7.58. The van der Waals surface area contributed by atoms with Gasteiger partial charge in [0.25, 0.3) is 0 Å². The Morgan fingerprint density at radius 1 is 0.955 bits per heavy atom. The third kappa shape index (κ3) is 4.45. The fraction of sp³-hybridized carbons (Fsp3) is 0.150. The second kappa shape index (κ2) is 8.63. The van der Waals surface area contributed by atoms with Gasteiger partial charge in [0.15, 0.2) is 0 Å². The molecule has 0 spiro atoms. The molecule has 0 amide bonds. The highest BCUT2D eigenvalue weighted by Crippen LogP contribution is 2.24. The van der Waals surface area contributed by atoms with E-state index in [1.165, 1.54) is 16.8 Å². The van der Waals surface area contributed by atoms with Crippen molar-refractivity contribution >= 4 is 11.9 Å². The first kappa shape index (κ1) is 15.8. The predicted octanol–water partition coefficient (Wildman–Crippen LogP) is 5.30. The topological polar surface area (TPSA) is 15.6 Å². The number of nitrogens with zero attached hydrogens (tertiary/aromatic N) is 2. The molecule has 0 atom stereocenters. The van der Waals surface area contributed by atoms with Gasteiger partial charge in [0.1, 0.15) is 0 Å². The zero-order chi connectivity index (χ0) is 15.6. The number of anilines is 1. The van der Waals surface area contributed by atoms with Crippen LogP contribution in [0.5, 0.6) is 0 Å². The summed E-state index contributed by atoms with van der Waals surface area (Å²) in [6.45, 7) is 4.97. The fourth-order valence-electron chi connectivity index (χ4n) is 2.21. The second-order valence-corrected chi connectivity index (χ2v) is 4.79. The van der Waals surface area contributed by atoms with Gasteiger partial charge in [0, 0.05) is 30.8 Å². The zero-order valence-electron chi connectivity index (χ0n) is 13.2. The van der Waals surface area contributed by atoms with Gasteiger partial charge in [-0.3, -0.25) is 4.99 Å². The monoisotopic (exact) mass is 290 g/mol. The van der Waals surface area contributed by atoms with E-state index in [0.717, 1.165) is 6.54 Å². The molecule has 0 N–H and O–H groups in total. The summed E-state index contributed by atoms with van der Waals surface area (Å²) in [4.78, 5) is 6.26. The summed E-state index contributed by atoms with van der Waals surface area (Å²) in [6, 6.07) is 19.0. The summed E-state index contributed by atoms with van der Waals surface area (Å²) in [5, 5.41) is 0. The summed E-state index contributed by atoms with van der Waals surface area (Å²) in [6.07, 6.45) is 9.57. The highest BCUT2D eigenvalue weighted by molar-refractivity contribution is 5.69. The van der Waals surface area contributed by atoms with Crippen molar-refractivity contribution in [3.05, 3.63) is 79.1 Å². The molecular formula is C20H22N2. The Morgan fingerprint density at radius 3 is 2.45 bits per heavy atom. The van der Waals surface area contributed by atoms with Crippen molar-refractivity contribution in [3.63, 3.8) is 0 Å². The molecule has 112 valence electrons. The second-order valence-electron chi connectivity index (χ2n) is 4.79. The van der Waals surface area contributed by atoms with E-state index < -0.39 is 0 Å². The van der Waals surface area contributed by atoms with Crippen LogP contribution in [0.25, 0.3) is 11.1 Å². The van der Waals surface area contributed by atoms with Gasteiger partial charge in [-0.2, -0.15) is 0 Å². The summed E-state index contributed by atoms with van der Waals surface area (Å²) < 4.78 is 0. The Bertz CT molecular complexity index is 654. The molecule has 0 unspecified atom stereocenters. The lowest BCUT2D eigenvalue weighted by Gasteiger charge is -2.19. The van der Waals surface area contributed by atoms with Crippen molar-refractivity contribution in [1.29, 1.82) is 0 Å². The van der Waals surface area contributed by atoms with Crippen molar-refractivity contribution in [3.8, 4) is 11.1 Å². The van der Waals surface area contributed by atoms with Gasteiger partial charge < -0.3 is 4.90 Å². The summed E-state index contributed by atoms with van der Waals surface area (Å²) >= 11 is 0. The Balaban J connectivity index is 2.19. The number of aliphatic imine (C=N–C) groups is 1. The standard InChI is InChI=1S/C20H22N2/c1-3-21-15-8-9-16-22(4-2)20-14-10-13-19(17-20)18-11-6-5-7-12-18/h3,5-17H,4H2,1-2H3/b15-8-,16-9+,21-3?. The van der Waals surface area contributed by atoms with E-state index in [9.17, 15) is 0 Å². The molecule has 0 aliphatic rings. The molecule has 0 radical (unpaired) electrons. The fourth-order valence-corrected chi connectivity index (χ4v) is 2.21. The lowest BCUT2D eigenvalue weighted by molar-refractivity contribution is 1.02. The summed E-state index contributed by atoms with van der Waals surface area (Å²) in [5.74, 6) is 0. The van der Waals surface area contributed by atoms with Gasteiger partial charge in [0.2, 0.25) is 0 Å². The van der Waals surface area contributed by atoms with Crippen LogP contribution >= 0.6 is 0 Å². The molecule has 2 nitrogen and oxygen atoms in total. The number of hydrogen-bond acceptors (Lipinski definition) is 2. The average Bonchev–Trinajstić information content (AvgIpc) is 2.59.